The predicted molar refractivity (Wildman–Crippen MR) is 147 cm³/mol. The van der Waals surface area contributed by atoms with E-state index < -0.39 is 77.2 Å². The van der Waals surface area contributed by atoms with Gasteiger partial charge in [0.15, 0.2) is 11.9 Å². The zero-order valence-corrected chi connectivity index (χ0v) is 24.5. The van der Waals surface area contributed by atoms with E-state index in [4.69, 9.17) is 17.3 Å². The summed E-state index contributed by atoms with van der Waals surface area (Å²) in [5, 5.41) is 17.9. The number of hydrogen-bond acceptors (Lipinski definition) is 7. The van der Waals surface area contributed by atoms with E-state index in [1.54, 1.807) is 0 Å². The lowest BCUT2D eigenvalue weighted by molar-refractivity contribution is -0.207. The zero-order chi connectivity index (χ0) is 34.1. The van der Waals surface area contributed by atoms with Crippen molar-refractivity contribution in [2.45, 2.75) is 63.4 Å². The average molecular weight is 665 g/mol. The normalized spacial score (nSPS) is 14.4. The number of aliphatic hydroxyl groups excluding tert-OH is 1. The molecule has 0 aliphatic rings. The highest BCUT2D eigenvalue weighted by Gasteiger charge is 2.42. The third-order valence-electron chi connectivity index (χ3n) is 6.48. The van der Waals surface area contributed by atoms with Gasteiger partial charge in [-0.2, -0.15) is 26.3 Å². The van der Waals surface area contributed by atoms with Gasteiger partial charge in [-0.05, 0) is 62.7 Å². The molecule has 0 aliphatic carbocycles. The second-order valence-electron chi connectivity index (χ2n) is 10.7. The number of alkyl halides is 6. The molecule has 3 rings (SSSR count). The summed E-state index contributed by atoms with van der Waals surface area (Å²) in [5.41, 5.74) is -1.09. The number of imide groups is 1. The molecule has 5 N–H and O–H groups in total. The summed E-state index contributed by atoms with van der Waals surface area (Å²) in [6.07, 6.45) is -13.0. The monoisotopic (exact) mass is 664 g/mol. The Labute approximate surface area is 256 Å². The molecule has 45 heavy (non-hydrogen) atoms. The molecule has 1 heterocycles. The molecular weight excluding hydrogens is 638 g/mol. The molecule has 0 spiro atoms. The van der Waals surface area contributed by atoms with Gasteiger partial charge in [0, 0.05) is 10.6 Å². The number of rotatable bonds is 9. The van der Waals surface area contributed by atoms with Crippen LogP contribution in [0.15, 0.2) is 53.3 Å². The first kappa shape index (κ1) is 35.3. The fourth-order valence-electron chi connectivity index (χ4n) is 3.91. The molecule has 3 aromatic rings. The van der Waals surface area contributed by atoms with Crippen LogP contribution in [0.2, 0.25) is 5.02 Å². The van der Waals surface area contributed by atoms with Gasteiger partial charge in [0.25, 0.3) is 5.91 Å². The Balaban J connectivity index is 2.05. The van der Waals surface area contributed by atoms with Gasteiger partial charge in [-0.1, -0.05) is 23.7 Å². The van der Waals surface area contributed by atoms with Crippen LogP contribution < -0.4 is 22.1 Å². The molecule has 18 heteroatoms. The fraction of sp³-hybridized carbons (Fsp3) is 0.370. The maximum atomic E-state index is 13.5. The van der Waals surface area contributed by atoms with E-state index in [2.05, 4.69) is 10.4 Å². The highest BCUT2D eigenvalue weighted by molar-refractivity contribution is 6.30. The van der Waals surface area contributed by atoms with Crippen LogP contribution in [0.25, 0.3) is 11.4 Å². The van der Waals surface area contributed by atoms with Crippen LogP contribution in [0, 0.1) is 0 Å². The van der Waals surface area contributed by atoms with Crippen molar-refractivity contribution in [2.75, 3.05) is 0 Å². The number of benzene rings is 2. The number of amides is 3. The van der Waals surface area contributed by atoms with Gasteiger partial charge in [-0.15, -0.1) is 5.10 Å². The molecule has 2 atom stereocenters. The summed E-state index contributed by atoms with van der Waals surface area (Å²) in [5.74, 6) is -3.92. The van der Waals surface area contributed by atoms with Crippen LogP contribution in [0.5, 0.6) is 0 Å². The number of carbonyl (C=O) groups excluding carboxylic acids is 3. The molecule has 1 aromatic heterocycles. The molecule has 0 fully saturated rings. The Bertz CT molecular complexity index is 1650. The first-order valence-corrected chi connectivity index (χ1v) is 13.2. The minimum Gasteiger partial charge on any atom is -0.382 e. The van der Waals surface area contributed by atoms with Gasteiger partial charge in [-0.3, -0.25) is 24.3 Å². The van der Waals surface area contributed by atoms with Crippen LogP contribution >= 0.6 is 11.6 Å². The largest absolute Gasteiger partial charge is 0.416 e. The standard InChI is InChI=1S/C27H27ClF6N6O5/c1-24(2,35)21(43)36-22(44)25(3,15-5-4-6-16(11-15)26(29,30)31)37-19(42)13-40-23(45)39(12-18(41)27(32,33)34)20(38-40)14-7-9-17(28)10-8-14/h4-11,18,41H,12-13,35H2,1-3H3,(H,37,42)(H,36,43,44)/t18-,25+/m0/s1. The van der Waals surface area contributed by atoms with Gasteiger partial charge in [-0.25, -0.2) is 9.48 Å². The molecule has 0 saturated carbocycles. The van der Waals surface area contributed by atoms with E-state index in [-0.39, 0.29) is 16.4 Å². The number of aliphatic hydroxyl groups is 1. The van der Waals surface area contributed by atoms with E-state index in [1.165, 1.54) is 38.1 Å². The lowest BCUT2D eigenvalue weighted by Gasteiger charge is -2.31. The van der Waals surface area contributed by atoms with E-state index in [0.29, 0.717) is 21.4 Å². The van der Waals surface area contributed by atoms with Crippen molar-refractivity contribution in [3.8, 4) is 11.4 Å². The first-order valence-electron chi connectivity index (χ1n) is 12.9. The molecule has 11 nitrogen and oxygen atoms in total. The summed E-state index contributed by atoms with van der Waals surface area (Å²) in [6, 6.07) is 8.63. The lowest BCUT2D eigenvalue weighted by Crippen LogP contribution is -2.60. The van der Waals surface area contributed by atoms with Crippen molar-refractivity contribution in [1.29, 1.82) is 0 Å². The Kier molecular flexibility index (Phi) is 9.91. The number of hydrogen-bond donors (Lipinski definition) is 4. The van der Waals surface area contributed by atoms with Gasteiger partial charge < -0.3 is 16.2 Å². The fourth-order valence-corrected chi connectivity index (χ4v) is 4.03. The van der Waals surface area contributed by atoms with Crippen molar-refractivity contribution >= 4 is 29.3 Å². The highest BCUT2D eigenvalue weighted by atomic mass is 35.5. The molecule has 3 amide bonds. The summed E-state index contributed by atoms with van der Waals surface area (Å²) in [7, 11) is 0. The number of nitrogens with two attached hydrogens (primary N) is 1. The minimum absolute atomic E-state index is 0.0844. The van der Waals surface area contributed by atoms with E-state index in [0.717, 1.165) is 19.1 Å². The summed E-state index contributed by atoms with van der Waals surface area (Å²) < 4.78 is 80.8. The van der Waals surface area contributed by atoms with Crippen molar-refractivity contribution in [2.24, 2.45) is 5.73 Å². The van der Waals surface area contributed by atoms with E-state index in [9.17, 15) is 50.6 Å². The Morgan fingerprint density at radius 3 is 2.09 bits per heavy atom. The van der Waals surface area contributed by atoms with Crippen molar-refractivity contribution in [3.05, 3.63) is 75.2 Å². The zero-order valence-electron chi connectivity index (χ0n) is 23.8. The van der Waals surface area contributed by atoms with Gasteiger partial charge in [0.05, 0.1) is 17.6 Å². The molecule has 2 aromatic carbocycles. The number of nitrogens with one attached hydrogen (secondary N) is 2. The molecular formula is C27H27ClF6N6O5. The predicted octanol–water partition coefficient (Wildman–Crippen LogP) is 2.72. The molecule has 0 saturated heterocycles. The number of halogens is 7. The SMILES string of the molecule is CC(C)(N)C(=O)NC(=O)[C@](C)(NC(=O)Cn1nc(-c2ccc(Cl)cc2)n(C[C@H](O)C(F)(F)F)c1=O)c1cccc(C(F)(F)F)c1. The second-order valence-corrected chi connectivity index (χ2v) is 11.1. The quantitative estimate of drug-likeness (QED) is 0.256. The molecule has 0 aliphatic heterocycles. The highest BCUT2D eigenvalue weighted by Crippen LogP contribution is 2.32. The summed E-state index contributed by atoms with van der Waals surface area (Å²) in [6.45, 7) is 1.13. The Hall–Kier alpha value is -4.22. The number of carbonyl (C=O) groups is 3. The van der Waals surface area contributed by atoms with Crippen LogP contribution in [-0.2, 0) is 39.2 Å². The molecule has 244 valence electrons. The van der Waals surface area contributed by atoms with E-state index in [1.807, 2.05) is 5.32 Å². The van der Waals surface area contributed by atoms with Gasteiger partial charge >= 0.3 is 18.0 Å². The summed E-state index contributed by atoms with van der Waals surface area (Å²) >= 11 is 5.86. The van der Waals surface area contributed by atoms with E-state index >= 15 is 0 Å². The lowest BCUT2D eigenvalue weighted by atomic mass is 9.89. The second kappa shape index (κ2) is 12.6. The van der Waals surface area contributed by atoms with Crippen molar-refractivity contribution in [1.82, 2.24) is 25.0 Å². The molecule has 0 unspecified atom stereocenters. The van der Waals surface area contributed by atoms with Crippen LogP contribution in [0.3, 0.4) is 0 Å². The maximum absolute atomic E-state index is 13.5. The van der Waals surface area contributed by atoms with Crippen LogP contribution in [0.1, 0.15) is 31.9 Å². The first-order chi connectivity index (χ1) is 20.5. The minimum atomic E-state index is -5.12. The van der Waals surface area contributed by atoms with Crippen molar-refractivity contribution in [3.63, 3.8) is 0 Å². The smallest absolute Gasteiger partial charge is 0.382 e. The average Bonchev–Trinajstić information content (AvgIpc) is 3.21. The van der Waals surface area contributed by atoms with Crippen LogP contribution in [0.4, 0.5) is 26.3 Å². The molecule has 0 radical (unpaired) electrons. The maximum Gasteiger partial charge on any atom is 0.416 e. The Morgan fingerprint density at radius 1 is 0.978 bits per heavy atom. The van der Waals surface area contributed by atoms with Gasteiger partial charge in [0.2, 0.25) is 11.8 Å². The third-order valence-corrected chi connectivity index (χ3v) is 6.73. The molecule has 0 bridgehead atoms. The third kappa shape index (κ3) is 8.29. The number of aromatic nitrogens is 3. The summed E-state index contributed by atoms with van der Waals surface area (Å²) in [4.78, 5) is 52.1. The topological polar surface area (TPSA) is 161 Å². The van der Waals surface area contributed by atoms with Crippen LogP contribution in [-0.4, -0.2) is 55.0 Å². The van der Waals surface area contributed by atoms with Gasteiger partial charge in [0.1, 0.15) is 12.1 Å². The number of nitrogens with zero attached hydrogens (tertiary/aromatic N) is 3. The van der Waals surface area contributed by atoms with Crippen molar-refractivity contribution < 1.29 is 45.8 Å². The Morgan fingerprint density at radius 2 is 1.56 bits per heavy atom.